The average Bonchev–Trinajstić information content (AvgIpc) is 3.02. The Kier molecular flexibility index (Phi) is 4.10. The predicted molar refractivity (Wildman–Crippen MR) is 95.7 cm³/mol. The predicted octanol–water partition coefficient (Wildman–Crippen LogP) is 1.84. The number of nitrogen functional groups attached to an aromatic ring is 1. The highest BCUT2D eigenvalue weighted by Gasteiger charge is 2.19. The molecule has 3 aromatic rings. The molecule has 0 bridgehead atoms. The van der Waals surface area contributed by atoms with Gasteiger partial charge in [0.2, 0.25) is 0 Å². The number of H-pyrrole nitrogens is 1. The second kappa shape index (κ2) is 6.56. The number of aromatic nitrogens is 4. The Morgan fingerprint density at radius 1 is 1.28 bits per heavy atom. The minimum atomic E-state index is 0.397. The van der Waals surface area contributed by atoms with E-state index in [1.807, 2.05) is 25.1 Å². The van der Waals surface area contributed by atoms with Gasteiger partial charge in [-0.1, -0.05) is 0 Å². The van der Waals surface area contributed by atoms with Crippen molar-refractivity contribution in [2.75, 3.05) is 43.5 Å². The van der Waals surface area contributed by atoms with Crippen LogP contribution in [0.25, 0.3) is 22.4 Å². The van der Waals surface area contributed by atoms with Crippen LogP contribution in [-0.4, -0.2) is 52.8 Å². The average molecular weight is 340 g/mol. The quantitative estimate of drug-likeness (QED) is 0.747. The van der Waals surface area contributed by atoms with E-state index in [9.17, 15) is 0 Å². The van der Waals surface area contributed by atoms with Crippen molar-refractivity contribution in [3.05, 3.63) is 24.4 Å². The molecule has 1 aliphatic rings. The second-order valence-corrected chi connectivity index (χ2v) is 5.77. The minimum Gasteiger partial charge on any atom is -0.488 e. The molecule has 1 aliphatic heterocycles. The molecule has 1 aromatic carbocycles. The Bertz CT molecular complexity index is 888. The lowest BCUT2D eigenvalue weighted by molar-refractivity contribution is 0.122. The summed E-state index contributed by atoms with van der Waals surface area (Å²) in [7, 11) is 0. The van der Waals surface area contributed by atoms with Gasteiger partial charge in [0.25, 0.3) is 0 Å². The number of benzene rings is 1. The number of nitrogens with two attached hydrogens (primary N) is 1. The number of morpholine rings is 1. The number of nitrogens with zero attached hydrogens (tertiary/aromatic N) is 4. The van der Waals surface area contributed by atoms with Crippen LogP contribution in [0.2, 0.25) is 0 Å². The molecule has 1 fully saturated rings. The van der Waals surface area contributed by atoms with Crippen molar-refractivity contribution in [1.82, 2.24) is 19.9 Å². The maximum absolute atomic E-state index is 5.72. The largest absolute Gasteiger partial charge is 0.488 e. The van der Waals surface area contributed by atoms with Crippen LogP contribution in [0.4, 0.5) is 11.8 Å². The Balaban J connectivity index is 1.75. The van der Waals surface area contributed by atoms with Crippen LogP contribution in [0.5, 0.6) is 5.75 Å². The molecule has 0 unspecified atom stereocenters. The van der Waals surface area contributed by atoms with Crippen molar-refractivity contribution in [2.45, 2.75) is 6.92 Å². The van der Waals surface area contributed by atoms with Crippen molar-refractivity contribution in [3.63, 3.8) is 0 Å². The molecular weight excluding hydrogens is 320 g/mol. The third-order valence-electron chi connectivity index (χ3n) is 4.11. The number of imidazole rings is 1. The number of anilines is 2. The molecule has 130 valence electrons. The first-order valence-corrected chi connectivity index (χ1v) is 8.32. The number of fused-ring (bicyclic) bond motifs is 1. The third-order valence-corrected chi connectivity index (χ3v) is 4.11. The Morgan fingerprint density at radius 2 is 2.12 bits per heavy atom. The van der Waals surface area contributed by atoms with Crippen LogP contribution >= 0.6 is 0 Å². The summed E-state index contributed by atoms with van der Waals surface area (Å²) in [5, 5.41) is 0. The van der Waals surface area contributed by atoms with Crippen LogP contribution < -0.4 is 15.4 Å². The van der Waals surface area contributed by atoms with E-state index in [1.54, 1.807) is 6.20 Å². The highest BCUT2D eigenvalue weighted by atomic mass is 16.5. The topological polar surface area (TPSA) is 102 Å². The first kappa shape index (κ1) is 15.6. The van der Waals surface area contributed by atoms with E-state index < -0.39 is 0 Å². The van der Waals surface area contributed by atoms with Crippen molar-refractivity contribution in [1.29, 1.82) is 0 Å². The molecule has 0 radical (unpaired) electrons. The fourth-order valence-electron chi connectivity index (χ4n) is 2.92. The normalized spacial score (nSPS) is 14.8. The molecule has 0 amide bonds. The smallest absolute Gasteiger partial charge is 0.198 e. The molecule has 8 nitrogen and oxygen atoms in total. The number of ether oxygens (including phenoxy) is 2. The molecule has 4 rings (SSSR count). The van der Waals surface area contributed by atoms with Crippen molar-refractivity contribution in [2.24, 2.45) is 0 Å². The summed E-state index contributed by atoms with van der Waals surface area (Å²) < 4.78 is 11.2. The van der Waals surface area contributed by atoms with Crippen LogP contribution in [0.15, 0.2) is 24.4 Å². The van der Waals surface area contributed by atoms with Gasteiger partial charge in [0.1, 0.15) is 0 Å². The molecule has 2 aromatic heterocycles. The Labute approximate surface area is 145 Å². The maximum atomic E-state index is 5.72. The Hall–Kier alpha value is -2.87. The first-order valence-electron chi connectivity index (χ1n) is 8.32. The molecule has 1 saturated heterocycles. The van der Waals surface area contributed by atoms with Crippen LogP contribution in [0.3, 0.4) is 0 Å². The lowest BCUT2D eigenvalue weighted by Gasteiger charge is -2.29. The van der Waals surface area contributed by atoms with E-state index in [-0.39, 0.29) is 0 Å². The van der Waals surface area contributed by atoms with Crippen molar-refractivity contribution in [3.8, 4) is 17.1 Å². The maximum Gasteiger partial charge on any atom is 0.198 e. The first-order chi connectivity index (χ1) is 12.2. The lowest BCUT2D eigenvalue weighted by Crippen LogP contribution is -2.37. The molecule has 0 aliphatic carbocycles. The van der Waals surface area contributed by atoms with E-state index in [4.69, 9.17) is 20.2 Å². The number of aromatic amines is 1. The van der Waals surface area contributed by atoms with Crippen LogP contribution in [0.1, 0.15) is 6.92 Å². The molecule has 0 saturated carbocycles. The number of hydrogen-bond donors (Lipinski definition) is 2. The van der Waals surface area contributed by atoms with E-state index in [0.29, 0.717) is 37.3 Å². The van der Waals surface area contributed by atoms with Gasteiger partial charge in [-0.3, -0.25) is 0 Å². The summed E-state index contributed by atoms with van der Waals surface area (Å²) in [6.45, 7) is 5.45. The monoisotopic (exact) mass is 340 g/mol. The van der Waals surface area contributed by atoms with E-state index in [1.165, 1.54) is 0 Å². The Morgan fingerprint density at radius 3 is 2.92 bits per heavy atom. The zero-order chi connectivity index (χ0) is 17.2. The number of hydrogen-bond acceptors (Lipinski definition) is 7. The van der Waals surface area contributed by atoms with Crippen molar-refractivity contribution >= 4 is 22.8 Å². The summed E-state index contributed by atoms with van der Waals surface area (Å²) in [4.78, 5) is 18.7. The highest BCUT2D eigenvalue weighted by molar-refractivity contribution is 5.82. The fraction of sp³-hybridized carbons (Fsp3) is 0.353. The zero-order valence-electron chi connectivity index (χ0n) is 14.0. The van der Waals surface area contributed by atoms with Crippen molar-refractivity contribution < 1.29 is 9.47 Å². The number of rotatable bonds is 4. The molecule has 0 spiro atoms. The second-order valence-electron chi connectivity index (χ2n) is 5.77. The number of nitrogens with one attached hydrogen (secondary N) is 1. The fourth-order valence-corrected chi connectivity index (χ4v) is 2.92. The molecule has 3 heterocycles. The van der Waals surface area contributed by atoms with Gasteiger partial charge >= 0.3 is 0 Å². The summed E-state index contributed by atoms with van der Waals surface area (Å²) in [5.41, 5.74) is 8.29. The molecule has 0 atom stereocenters. The van der Waals surface area contributed by atoms with Gasteiger partial charge in [0, 0.05) is 18.7 Å². The van der Waals surface area contributed by atoms with Crippen LogP contribution in [0, 0.1) is 0 Å². The molecular formula is C17H20N6O2. The summed E-state index contributed by atoms with van der Waals surface area (Å²) >= 11 is 0. The van der Waals surface area contributed by atoms with Gasteiger partial charge in [-0.25, -0.2) is 15.0 Å². The van der Waals surface area contributed by atoms with E-state index >= 15 is 0 Å². The van der Waals surface area contributed by atoms with E-state index in [2.05, 4.69) is 19.9 Å². The van der Waals surface area contributed by atoms with Gasteiger partial charge in [0.15, 0.2) is 23.3 Å². The van der Waals surface area contributed by atoms with Crippen LogP contribution in [-0.2, 0) is 4.74 Å². The van der Waals surface area contributed by atoms with E-state index in [0.717, 1.165) is 35.5 Å². The van der Waals surface area contributed by atoms with Gasteiger partial charge in [0.05, 0.1) is 37.1 Å². The third kappa shape index (κ3) is 3.08. The molecule has 3 N–H and O–H groups in total. The summed E-state index contributed by atoms with van der Waals surface area (Å²) in [6, 6.07) is 5.82. The highest BCUT2D eigenvalue weighted by Crippen LogP contribution is 2.29. The summed E-state index contributed by atoms with van der Waals surface area (Å²) in [5.74, 6) is 2.53. The zero-order valence-corrected chi connectivity index (χ0v) is 14.0. The molecule has 8 heteroatoms. The van der Waals surface area contributed by atoms with Gasteiger partial charge < -0.3 is 25.1 Å². The SMILES string of the molecule is CCOc1cnc(-c2ccc3[nH]c(N)nc3c2)nc1N1CCOCC1. The summed E-state index contributed by atoms with van der Waals surface area (Å²) in [6.07, 6.45) is 1.74. The standard InChI is InChI=1S/C17H20N6O2/c1-2-25-14-10-19-15(22-16(14)23-5-7-24-8-6-23)11-3-4-12-13(9-11)21-17(18)20-12/h3-4,9-10H,2,5-8H2,1H3,(H3,18,20,21). The van der Waals surface area contributed by atoms with Gasteiger partial charge in [-0.2, -0.15) is 0 Å². The lowest BCUT2D eigenvalue weighted by atomic mass is 10.2. The van der Waals surface area contributed by atoms with Gasteiger partial charge in [-0.05, 0) is 25.1 Å². The minimum absolute atomic E-state index is 0.397. The molecule has 25 heavy (non-hydrogen) atoms. The van der Waals surface area contributed by atoms with Gasteiger partial charge in [-0.15, -0.1) is 0 Å².